The van der Waals surface area contributed by atoms with Crippen molar-refractivity contribution in [3.05, 3.63) is 35.8 Å². The maximum absolute atomic E-state index is 12.4. The van der Waals surface area contributed by atoms with E-state index in [1.54, 1.807) is 17.3 Å². The highest BCUT2D eigenvalue weighted by Crippen LogP contribution is 2.16. The Morgan fingerprint density at radius 2 is 2.21 bits per heavy atom. The minimum Gasteiger partial charge on any atom is -0.342 e. The van der Waals surface area contributed by atoms with Gasteiger partial charge in [-0.25, -0.2) is 0 Å². The molecular weight excluding hydrogens is 238 g/mol. The number of carbonyl (C=O) groups excluding carboxylic acids is 1. The van der Waals surface area contributed by atoms with E-state index >= 15 is 0 Å². The maximum Gasteiger partial charge on any atom is 0.255 e. The minimum atomic E-state index is 0.0317. The number of nitrogens with zero attached hydrogens (tertiary/aromatic N) is 3. The molecule has 100 valence electrons. The molecule has 0 saturated carbocycles. The second kappa shape index (κ2) is 5.78. The van der Waals surface area contributed by atoms with Gasteiger partial charge in [-0.15, -0.1) is 0 Å². The Bertz CT molecular complexity index is 595. The molecule has 4 nitrogen and oxygen atoms in total. The van der Waals surface area contributed by atoms with Crippen molar-refractivity contribution < 1.29 is 4.79 Å². The van der Waals surface area contributed by atoms with Gasteiger partial charge in [0.15, 0.2) is 0 Å². The molecular formula is C15H19N3O. The molecule has 0 aliphatic rings. The molecule has 0 atom stereocenters. The fourth-order valence-electron chi connectivity index (χ4n) is 2.03. The molecule has 0 spiro atoms. The lowest BCUT2D eigenvalue weighted by molar-refractivity contribution is 0.0792. The Hall–Kier alpha value is -1.97. The summed E-state index contributed by atoms with van der Waals surface area (Å²) in [5.41, 5.74) is 2.31. The van der Waals surface area contributed by atoms with Crippen LogP contribution in [0.4, 0.5) is 0 Å². The lowest BCUT2D eigenvalue weighted by Crippen LogP contribution is -2.28. The number of hydrogen-bond donors (Lipinski definition) is 0. The summed E-state index contributed by atoms with van der Waals surface area (Å²) in [5.74, 6) is 0.0317. The van der Waals surface area contributed by atoms with Crippen molar-refractivity contribution in [3.63, 3.8) is 0 Å². The zero-order valence-corrected chi connectivity index (χ0v) is 11.7. The van der Waals surface area contributed by atoms with E-state index in [1.807, 2.05) is 26.1 Å². The van der Waals surface area contributed by atoms with Crippen molar-refractivity contribution in [1.29, 1.82) is 0 Å². The van der Waals surface area contributed by atoms with Crippen LogP contribution in [0, 0.1) is 6.92 Å². The van der Waals surface area contributed by atoms with E-state index in [0.717, 1.165) is 36.0 Å². The Morgan fingerprint density at radius 3 is 2.95 bits per heavy atom. The first-order chi connectivity index (χ1) is 9.13. The first kappa shape index (κ1) is 13.5. The monoisotopic (exact) mass is 257 g/mol. The molecule has 1 amide bonds. The van der Waals surface area contributed by atoms with Crippen molar-refractivity contribution >= 4 is 16.8 Å². The van der Waals surface area contributed by atoms with Crippen LogP contribution in [0.1, 0.15) is 35.8 Å². The van der Waals surface area contributed by atoms with Gasteiger partial charge in [-0.2, -0.15) is 0 Å². The van der Waals surface area contributed by atoms with Gasteiger partial charge in [0.2, 0.25) is 0 Å². The first-order valence-electron chi connectivity index (χ1n) is 6.60. The summed E-state index contributed by atoms with van der Waals surface area (Å²) in [4.78, 5) is 22.7. The van der Waals surface area contributed by atoms with Crippen molar-refractivity contribution in [2.75, 3.05) is 13.6 Å². The van der Waals surface area contributed by atoms with Gasteiger partial charge in [-0.3, -0.25) is 14.8 Å². The second-order valence-electron chi connectivity index (χ2n) is 4.77. The van der Waals surface area contributed by atoms with E-state index in [9.17, 15) is 4.79 Å². The highest BCUT2D eigenvalue weighted by molar-refractivity contribution is 5.98. The number of pyridine rings is 2. The molecule has 2 heterocycles. The smallest absolute Gasteiger partial charge is 0.255 e. The average Bonchev–Trinajstić information content (AvgIpc) is 2.43. The van der Waals surface area contributed by atoms with Crippen LogP contribution in [0.25, 0.3) is 10.9 Å². The van der Waals surface area contributed by atoms with Crippen LogP contribution in [0.2, 0.25) is 0 Å². The van der Waals surface area contributed by atoms with Gasteiger partial charge in [-0.05, 0) is 25.5 Å². The van der Waals surface area contributed by atoms with E-state index in [0.29, 0.717) is 5.56 Å². The summed E-state index contributed by atoms with van der Waals surface area (Å²) >= 11 is 0. The predicted molar refractivity (Wildman–Crippen MR) is 76.1 cm³/mol. The Labute approximate surface area is 113 Å². The van der Waals surface area contributed by atoms with Crippen molar-refractivity contribution in [1.82, 2.24) is 14.9 Å². The summed E-state index contributed by atoms with van der Waals surface area (Å²) in [6.45, 7) is 4.77. The first-order valence-corrected chi connectivity index (χ1v) is 6.60. The van der Waals surface area contributed by atoms with Gasteiger partial charge in [0, 0.05) is 31.4 Å². The fraction of sp³-hybridized carbons (Fsp3) is 0.400. The average molecular weight is 257 g/mol. The summed E-state index contributed by atoms with van der Waals surface area (Å²) in [5, 5.41) is 0.903. The van der Waals surface area contributed by atoms with Crippen molar-refractivity contribution in [2.45, 2.75) is 26.7 Å². The number of carbonyl (C=O) groups is 1. The Balaban J connectivity index is 2.33. The molecule has 0 saturated heterocycles. The molecule has 2 aromatic heterocycles. The zero-order valence-electron chi connectivity index (χ0n) is 11.7. The molecule has 0 aliphatic carbocycles. The normalized spacial score (nSPS) is 10.7. The van der Waals surface area contributed by atoms with Crippen LogP contribution < -0.4 is 0 Å². The fourth-order valence-corrected chi connectivity index (χ4v) is 2.03. The third-order valence-electron chi connectivity index (χ3n) is 3.23. The summed E-state index contributed by atoms with van der Waals surface area (Å²) in [7, 11) is 1.84. The molecule has 0 fully saturated rings. The largest absolute Gasteiger partial charge is 0.342 e. The lowest BCUT2D eigenvalue weighted by Gasteiger charge is -2.18. The van der Waals surface area contributed by atoms with Gasteiger partial charge in [0.05, 0.1) is 16.8 Å². The Morgan fingerprint density at radius 1 is 1.42 bits per heavy atom. The van der Waals surface area contributed by atoms with Gasteiger partial charge < -0.3 is 4.90 Å². The third-order valence-corrected chi connectivity index (χ3v) is 3.23. The summed E-state index contributed by atoms with van der Waals surface area (Å²) < 4.78 is 0. The highest BCUT2D eigenvalue weighted by Gasteiger charge is 2.15. The standard InChI is InChI=1S/C15H19N3O/c1-4-5-8-18(3)15(19)13-9-12-10-16-7-6-14(12)17-11(13)2/h6-7,9-10H,4-5,8H2,1-3H3. The van der Waals surface area contributed by atoms with E-state index in [2.05, 4.69) is 16.9 Å². The van der Waals surface area contributed by atoms with Crippen LogP contribution in [0.5, 0.6) is 0 Å². The zero-order chi connectivity index (χ0) is 13.8. The molecule has 2 aromatic rings. The van der Waals surface area contributed by atoms with Gasteiger partial charge in [0.1, 0.15) is 0 Å². The number of unbranched alkanes of at least 4 members (excludes halogenated alkanes) is 1. The molecule has 0 N–H and O–H groups in total. The quantitative estimate of drug-likeness (QED) is 0.846. The topological polar surface area (TPSA) is 46.1 Å². The van der Waals surface area contributed by atoms with Crippen LogP contribution in [-0.2, 0) is 0 Å². The molecule has 0 aromatic carbocycles. The van der Waals surface area contributed by atoms with Gasteiger partial charge in [0.25, 0.3) is 5.91 Å². The number of fused-ring (bicyclic) bond motifs is 1. The van der Waals surface area contributed by atoms with E-state index in [4.69, 9.17) is 0 Å². The van der Waals surface area contributed by atoms with E-state index < -0.39 is 0 Å². The number of aromatic nitrogens is 2. The molecule has 19 heavy (non-hydrogen) atoms. The lowest BCUT2D eigenvalue weighted by atomic mass is 10.1. The summed E-state index contributed by atoms with van der Waals surface area (Å²) in [6, 6.07) is 3.74. The molecule has 0 bridgehead atoms. The number of amides is 1. The third kappa shape index (κ3) is 2.89. The van der Waals surface area contributed by atoms with Gasteiger partial charge >= 0.3 is 0 Å². The summed E-state index contributed by atoms with van der Waals surface area (Å²) in [6.07, 6.45) is 5.55. The van der Waals surface area contributed by atoms with Crippen LogP contribution in [0.3, 0.4) is 0 Å². The van der Waals surface area contributed by atoms with Crippen LogP contribution in [-0.4, -0.2) is 34.4 Å². The van der Waals surface area contributed by atoms with Crippen LogP contribution in [0.15, 0.2) is 24.5 Å². The highest BCUT2D eigenvalue weighted by atomic mass is 16.2. The van der Waals surface area contributed by atoms with E-state index in [-0.39, 0.29) is 5.91 Å². The Kier molecular flexibility index (Phi) is 4.10. The maximum atomic E-state index is 12.4. The van der Waals surface area contributed by atoms with E-state index in [1.165, 1.54) is 0 Å². The number of rotatable bonds is 4. The van der Waals surface area contributed by atoms with Crippen molar-refractivity contribution in [3.8, 4) is 0 Å². The minimum absolute atomic E-state index is 0.0317. The molecule has 0 radical (unpaired) electrons. The molecule has 2 rings (SSSR count). The molecule has 4 heteroatoms. The molecule has 0 aliphatic heterocycles. The predicted octanol–water partition coefficient (Wildman–Crippen LogP) is 2.81. The SMILES string of the molecule is CCCCN(C)C(=O)c1cc2cnccc2nc1C. The van der Waals surface area contributed by atoms with Gasteiger partial charge in [-0.1, -0.05) is 13.3 Å². The second-order valence-corrected chi connectivity index (χ2v) is 4.77. The number of aryl methyl sites for hydroxylation is 1. The molecule has 0 unspecified atom stereocenters. The number of hydrogen-bond acceptors (Lipinski definition) is 3. The van der Waals surface area contributed by atoms with Crippen LogP contribution >= 0.6 is 0 Å². The van der Waals surface area contributed by atoms with Crippen molar-refractivity contribution in [2.24, 2.45) is 0 Å².